The number of benzene rings is 4. The second-order valence-corrected chi connectivity index (χ2v) is 9.63. The van der Waals surface area contributed by atoms with Crippen LogP contribution in [-0.2, 0) is 19.3 Å². The molecule has 0 heterocycles. The average Bonchev–Trinajstić information content (AvgIpc) is 2.93. The summed E-state index contributed by atoms with van der Waals surface area (Å²) in [5.41, 5.74) is 1.53. The molecule has 0 saturated heterocycles. The van der Waals surface area contributed by atoms with E-state index < -0.39 is 11.7 Å². The number of aromatic hydroxyl groups is 1. The lowest BCUT2D eigenvalue weighted by Crippen LogP contribution is -2.28. The number of aliphatic imine (C=N–C) groups is 1. The Morgan fingerprint density at radius 2 is 1.41 bits per heavy atom. The van der Waals surface area contributed by atoms with Gasteiger partial charge in [0.1, 0.15) is 17.2 Å². The van der Waals surface area contributed by atoms with E-state index >= 15 is 0 Å². The Labute approximate surface area is 229 Å². The summed E-state index contributed by atoms with van der Waals surface area (Å²) in [4.78, 5) is 7.68. The summed E-state index contributed by atoms with van der Waals surface area (Å²) < 4.78 is 50.2. The molecule has 0 aliphatic carbocycles. The van der Waals surface area contributed by atoms with E-state index in [1.165, 1.54) is 23.9 Å². The summed E-state index contributed by atoms with van der Waals surface area (Å²) in [6.45, 7) is 0.864. The van der Waals surface area contributed by atoms with Crippen LogP contribution in [0, 0.1) is 0 Å². The molecule has 0 fully saturated rings. The summed E-state index contributed by atoms with van der Waals surface area (Å²) in [5, 5.41) is 10.3. The lowest BCUT2D eigenvalue weighted by Gasteiger charge is -2.26. The Bertz CT molecular complexity index is 1410. The van der Waals surface area contributed by atoms with Crippen LogP contribution in [0.2, 0.25) is 0 Å². The zero-order chi connectivity index (χ0) is 27.8. The number of hydrogen-bond donors (Lipinski definition) is 1. The van der Waals surface area contributed by atoms with E-state index in [9.17, 15) is 18.3 Å². The van der Waals surface area contributed by atoms with E-state index in [1.807, 2.05) is 65.6 Å². The highest BCUT2D eigenvalue weighted by Gasteiger charge is 2.30. The molecule has 0 aliphatic heterocycles. The van der Waals surface area contributed by atoms with Gasteiger partial charge in [-0.3, -0.25) is 0 Å². The third kappa shape index (κ3) is 7.94. The minimum Gasteiger partial charge on any atom is -0.508 e. The van der Waals surface area contributed by atoms with Crippen molar-refractivity contribution in [3.05, 3.63) is 114 Å². The maximum absolute atomic E-state index is 13.2. The standard InChI is InChI=1S/C30H27F3N2O3S/c1-37-26-6-3-5-22(17-26)20-35(19-21-9-15-25(36)16-10-21)29(39-28-8-4-7-27(18-28)38-2)34-24-13-11-23(12-14-24)30(31,32)33/h3-18,36H,19-20H2,1-2H3. The van der Waals surface area contributed by atoms with Crippen LogP contribution in [0.3, 0.4) is 0 Å². The number of rotatable bonds is 8. The van der Waals surface area contributed by atoms with Crippen molar-refractivity contribution < 1.29 is 27.8 Å². The topological polar surface area (TPSA) is 54.3 Å². The number of phenols is 1. The van der Waals surface area contributed by atoms with Crippen molar-refractivity contribution in [2.75, 3.05) is 14.2 Å². The molecule has 5 nitrogen and oxygen atoms in total. The van der Waals surface area contributed by atoms with Crippen molar-refractivity contribution in [2.24, 2.45) is 4.99 Å². The van der Waals surface area contributed by atoms with E-state index in [0.29, 0.717) is 35.4 Å². The zero-order valence-corrected chi connectivity index (χ0v) is 22.2. The van der Waals surface area contributed by atoms with Crippen molar-refractivity contribution in [2.45, 2.75) is 24.2 Å². The maximum atomic E-state index is 13.2. The first-order valence-corrected chi connectivity index (χ1v) is 12.8. The number of methoxy groups -OCH3 is 2. The highest BCUT2D eigenvalue weighted by atomic mass is 32.2. The molecule has 202 valence electrons. The minimum atomic E-state index is -4.43. The third-order valence-corrected chi connectivity index (χ3v) is 6.78. The predicted octanol–water partition coefficient (Wildman–Crippen LogP) is 7.91. The van der Waals surface area contributed by atoms with Crippen LogP contribution in [0.15, 0.2) is 107 Å². The number of amidine groups is 1. The molecule has 0 radical (unpaired) electrons. The summed E-state index contributed by atoms with van der Waals surface area (Å²) in [7, 11) is 3.18. The SMILES string of the molecule is COc1cccc(CN(Cc2ccc(O)cc2)C(=Nc2ccc(C(F)(F)F)cc2)Sc2cccc(OC)c2)c1. The molecule has 0 atom stereocenters. The summed E-state index contributed by atoms with van der Waals surface area (Å²) in [5.74, 6) is 1.54. The van der Waals surface area contributed by atoms with Gasteiger partial charge in [-0.15, -0.1) is 0 Å². The second-order valence-electron chi connectivity index (χ2n) is 8.59. The first-order valence-electron chi connectivity index (χ1n) is 12.0. The number of halogens is 3. The molecule has 4 aromatic rings. The van der Waals surface area contributed by atoms with Gasteiger partial charge in [-0.25, -0.2) is 4.99 Å². The van der Waals surface area contributed by atoms with Crippen LogP contribution in [0.5, 0.6) is 17.2 Å². The third-order valence-electron chi connectivity index (χ3n) is 5.76. The minimum absolute atomic E-state index is 0.155. The molecule has 0 amide bonds. The Kier molecular flexibility index (Phi) is 9.03. The molecule has 4 aromatic carbocycles. The number of phenolic OH excluding ortho intramolecular Hbond substituents is 1. The van der Waals surface area contributed by atoms with E-state index in [-0.39, 0.29) is 5.75 Å². The van der Waals surface area contributed by atoms with Crippen LogP contribution < -0.4 is 9.47 Å². The van der Waals surface area contributed by atoms with Crippen LogP contribution in [0.4, 0.5) is 18.9 Å². The van der Waals surface area contributed by atoms with Gasteiger partial charge >= 0.3 is 6.18 Å². The molecule has 0 spiro atoms. The van der Waals surface area contributed by atoms with Crippen molar-refractivity contribution in [3.63, 3.8) is 0 Å². The number of nitrogens with zero attached hydrogens (tertiary/aromatic N) is 2. The van der Waals surface area contributed by atoms with Crippen molar-refractivity contribution in [1.29, 1.82) is 0 Å². The van der Waals surface area contributed by atoms with Gasteiger partial charge in [0.15, 0.2) is 5.17 Å². The average molecular weight is 553 g/mol. The fourth-order valence-electron chi connectivity index (χ4n) is 3.77. The van der Waals surface area contributed by atoms with Crippen molar-refractivity contribution in [3.8, 4) is 17.2 Å². The number of ether oxygens (including phenoxy) is 2. The number of hydrogen-bond acceptors (Lipinski definition) is 5. The van der Waals surface area contributed by atoms with Gasteiger partial charge < -0.3 is 19.5 Å². The molecule has 9 heteroatoms. The maximum Gasteiger partial charge on any atom is 0.416 e. The van der Waals surface area contributed by atoms with Crippen LogP contribution >= 0.6 is 11.8 Å². The Morgan fingerprint density at radius 3 is 2.05 bits per heavy atom. The summed E-state index contributed by atoms with van der Waals surface area (Å²) in [6.07, 6.45) is -4.43. The normalized spacial score (nSPS) is 11.8. The van der Waals surface area contributed by atoms with E-state index in [2.05, 4.69) is 0 Å². The molecule has 0 bridgehead atoms. The molecule has 39 heavy (non-hydrogen) atoms. The second kappa shape index (κ2) is 12.6. The molecular formula is C30H27F3N2O3S. The molecule has 1 N–H and O–H groups in total. The molecule has 0 saturated carbocycles. The summed E-state index contributed by atoms with van der Waals surface area (Å²) in [6, 6.07) is 26.8. The van der Waals surface area contributed by atoms with Gasteiger partial charge in [-0.2, -0.15) is 13.2 Å². The summed E-state index contributed by atoms with van der Waals surface area (Å²) >= 11 is 1.38. The van der Waals surface area contributed by atoms with Crippen molar-refractivity contribution in [1.82, 2.24) is 4.90 Å². The lowest BCUT2D eigenvalue weighted by molar-refractivity contribution is -0.137. The Balaban J connectivity index is 1.77. The molecule has 0 aromatic heterocycles. The van der Waals surface area contributed by atoms with Crippen LogP contribution in [0.25, 0.3) is 0 Å². The monoisotopic (exact) mass is 552 g/mol. The molecule has 4 rings (SSSR count). The van der Waals surface area contributed by atoms with Gasteiger partial charge in [-0.05, 0) is 77.9 Å². The number of thioether (sulfide) groups is 1. The fraction of sp³-hybridized carbons (Fsp3) is 0.167. The predicted molar refractivity (Wildman–Crippen MR) is 148 cm³/mol. The van der Waals surface area contributed by atoms with E-state index in [0.717, 1.165) is 28.2 Å². The largest absolute Gasteiger partial charge is 0.508 e. The quantitative estimate of drug-likeness (QED) is 0.137. The van der Waals surface area contributed by atoms with Crippen LogP contribution in [0.1, 0.15) is 16.7 Å². The highest BCUT2D eigenvalue weighted by molar-refractivity contribution is 8.13. The number of alkyl halides is 3. The van der Waals surface area contributed by atoms with Gasteiger partial charge in [0.05, 0.1) is 25.5 Å². The van der Waals surface area contributed by atoms with Crippen molar-refractivity contribution >= 4 is 22.6 Å². The van der Waals surface area contributed by atoms with Gasteiger partial charge in [0, 0.05) is 18.0 Å². The highest BCUT2D eigenvalue weighted by Crippen LogP contribution is 2.33. The van der Waals surface area contributed by atoms with E-state index in [4.69, 9.17) is 14.5 Å². The van der Waals surface area contributed by atoms with Gasteiger partial charge in [0.2, 0.25) is 0 Å². The van der Waals surface area contributed by atoms with E-state index in [1.54, 1.807) is 26.4 Å². The first-order chi connectivity index (χ1) is 18.7. The zero-order valence-electron chi connectivity index (χ0n) is 21.4. The molecular weight excluding hydrogens is 525 g/mol. The molecule has 0 aliphatic rings. The molecule has 0 unspecified atom stereocenters. The smallest absolute Gasteiger partial charge is 0.416 e. The van der Waals surface area contributed by atoms with Crippen LogP contribution in [-0.4, -0.2) is 29.4 Å². The Hall–Kier alpha value is -4.11. The fourth-order valence-corrected chi connectivity index (χ4v) is 4.71. The lowest BCUT2D eigenvalue weighted by atomic mass is 10.1. The van der Waals surface area contributed by atoms with Gasteiger partial charge in [-0.1, -0.05) is 42.1 Å². The Morgan fingerprint density at radius 1 is 0.795 bits per heavy atom. The van der Waals surface area contributed by atoms with Gasteiger partial charge in [0.25, 0.3) is 0 Å². The first kappa shape index (κ1) is 27.9.